The first-order valence-electron chi connectivity index (χ1n) is 19.0. The van der Waals surface area contributed by atoms with E-state index >= 15 is 0 Å². The molecular weight excluding hydrogens is 709 g/mol. The topological polar surface area (TPSA) is 200 Å². The molecule has 2 aliphatic rings. The van der Waals surface area contributed by atoms with Crippen LogP contribution in [0.2, 0.25) is 0 Å². The second-order valence-electron chi connectivity index (χ2n) is 15.5. The van der Waals surface area contributed by atoms with Crippen LogP contribution in [0, 0.1) is 11.3 Å². The standard InChI is InChI=1S/C39H60N8O6S/c1-28(2)23-33(44-37(50)34(25-30-15-9-6-10-16-30)43-35(48)31(41)24-29-13-7-5-8-14-29)36(49)42-32(17-11-12-20-40)38(51)46-26-39(27-46)18-21-47(22-19-39)54(52,53)45(3)4/h5-10,13-16,28,31-34H,11-12,17-27,40-41H2,1-4H3,(H,42,49)(H,43,48)(H,44,50). The number of piperidine rings is 1. The minimum absolute atomic E-state index is 0.0197. The highest BCUT2D eigenvalue weighted by atomic mass is 32.2. The molecular formula is C39H60N8O6S. The Labute approximate surface area is 320 Å². The predicted octanol–water partition coefficient (Wildman–Crippen LogP) is 1.16. The molecule has 1 spiro atoms. The molecule has 2 saturated heterocycles. The Bertz CT molecular complexity index is 1640. The van der Waals surface area contributed by atoms with Crippen molar-refractivity contribution in [1.29, 1.82) is 0 Å². The largest absolute Gasteiger partial charge is 0.343 e. The van der Waals surface area contributed by atoms with Crippen molar-refractivity contribution in [3.63, 3.8) is 0 Å². The number of carbonyl (C=O) groups excluding carboxylic acids is 4. The molecule has 2 heterocycles. The normalized spacial score (nSPS) is 18.0. The molecule has 7 N–H and O–H groups in total. The lowest BCUT2D eigenvalue weighted by molar-refractivity contribution is -0.150. The van der Waals surface area contributed by atoms with Gasteiger partial charge in [0.2, 0.25) is 23.6 Å². The van der Waals surface area contributed by atoms with Gasteiger partial charge in [0, 0.05) is 52.1 Å². The zero-order valence-electron chi connectivity index (χ0n) is 32.2. The quantitative estimate of drug-likeness (QED) is 0.131. The van der Waals surface area contributed by atoms with Gasteiger partial charge in [0.1, 0.15) is 18.1 Å². The van der Waals surface area contributed by atoms with Crippen LogP contribution in [0.3, 0.4) is 0 Å². The van der Waals surface area contributed by atoms with E-state index in [2.05, 4.69) is 16.0 Å². The summed E-state index contributed by atoms with van der Waals surface area (Å²) in [6, 6.07) is 15.0. The Morgan fingerprint density at radius 1 is 0.778 bits per heavy atom. The number of benzene rings is 2. The van der Waals surface area contributed by atoms with Crippen molar-refractivity contribution < 1.29 is 27.6 Å². The maximum Gasteiger partial charge on any atom is 0.281 e. The first-order valence-corrected chi connectivity index (χ1v) is 20.4. The summed E-state index contributed by atoms with van der Waals surface area (Å²) in [5.74, 6) is -1.68. The van der Waals surface area contributed by atoms with Crippen LogP contribution in [0.15, 0.2) is 60.7 Å². The lowest BCUT2D eigenvalue weighted by Crippen LogP contribution is -2.66. The van der Waals surface area contributed by atoms with Gasteiger partial charge in [-0.25, -0.2) is 0 Å². The van der Waals surface area contributed by atoms with E-state index in [0.29, 0.717) is 77.7 Å². The monoisotopic (exact) mass is 768 g/mol. The number of carbonyl (C=O) groups is 4. The minimum Gasteiger partial charge on any atom is -0.343 e. The van der Waals surface area contributed by atoms with Crippen molar-refractivity contribution in [3.8, 4) is 0 Å². The summed E-state index contributed by atoms with van der Waals surface area (Å²) in [6.45, 7) is 6.09. The lowest BCUT2D eigenvalue weighted by Gasteiger charge is -2.54. The highest BCUT2D eigenvalue weighted by Gasteiger charge is 2.49. The van der Waals surface area contributed by atoms with Gasteiger partial charge in [-0.05, 0) is 68.5 Å². The summed E-state index contributed by atoms with van der Waals surface area (Å²) in [4.78, 5) is 56.9. The summed E-state index contributed by atoms with van der Waals surface area (Å²) < 4.78 is 27.9. The van der Waals surface area contributed by atoms with Crippen LogP contribution in [-0.2, 0) is 42.2 Å². The molecule has 0 aromatic heterocycles. The summed E-state index contributed by atoms with van der Waals surface area (Å²) in [6.07, 6.45) is 3.76. The molecule has 2 aromatic carbocycles. The fraction of sp³-hybridized carbons (Fsp3) is 0.590. The molecule has 54 heavy (non-hydrogen) atoms. The molecule has 4 rings (SSSR count). The van der Waals surface area contributed by atoms with Crippen LogP contribution in [0.1, 0.15) is 63.5 Å². The van der Waals surface area contributed by atoms with E-state index in [1.165, 1.54) is 22.7 Å². The van der Waals surface area contributed by atoms with E-state index in [-0.39, 0.29) is 23.7 Å². The molecule has 0 bridgehead atoms. The average molecular weight is 769 g/mol. The molecule has 298 valence electrons. The summed E-state index contributed by atoms with van der Waals surface area (Å²) in [7, 11) is -0.464. The van der Waals surface area contributed by atoms with Crippen molar-refractivity contribution in [2.75, 3.05) is 46.8 Å². The fourth-order valence-corrected chi connectivity index (χ4v) is 8.28. The van der Waals surface area contributed by atoms with Crippen molar-refractivity contribution >= 4 is 33.8 Å². The molecule has 0 saturated carbocycles. The van der Waals surface area contributed by atoms with Crippen molar-refractivity contribution in [3.05, 3.63) is 71.8 Å². The molecule has 4 amide bonds. The van der Waals surface area contributed by atoms with Crippen LogP contribution in [0.4, 0.5) is 0 Å². The van der Waals surface area contributed by atoms with E-state index in [1.54, 1.807) is 4.90 Å². The number of amides is 4. The Morgan fingerprint density at radius 3 is 1.83 bits per heavy atom. The van der Waals surface area contributed by atoms with Gasteiger partial charge in [-0.1, -0.05) is 74.5 Å². The third kappa shape index (κ3) is 11.8. The first-order chi connectivity index (χ1) is 25.6. The molecule has 2 aromatic rings. The zero-order chi connectivity index (χ0) is 39.5. The van der Waals surface area contributed by atoms with Crippen LogP contribution < -0.4 is 27.4 Å². The number of nitrogens with zero attached hydrogens (tertiary/aromatic N) is 3. The number of rotatable bonds is 19. The Morgan fingerprint density at radius 2 is 1.30 bits per heavy atom. The van der Waals surface area contributed by atoms with Crippen molar-refractivity contribution in [2.24, 2.45) is 22.8 Å². The predicted molar refractivity (Wildman–Crippen MR) is 209 cm³/mol. The van der Waals surface area contributed by atoms with Gasteiger partial charge in [-0.3, -0.25) is 19.2 Å². The Kier molecular flexibility index (Phi) is 15.6. The average Bonchev–Trinajstić information content (AvgIpc) is 3.13. The smallest absolute Gasteiger partial charge is 0.281 e. The second-order valence-corrected chi connectivity index (χ2v) is 17.6. The summed E-state index contributed by atoms with van der Waals surface area (Å²) in [5.41, 5.74) is 13.6. The molecule has 4 atom stereocenters. The Hall–Kier alpha value is -3.89. The SMILES string of the molecule is CC(C)CC(NC(=O)C(Cc1ccccc1)NC(=O)C(N)Cc1ccccc1)C(=O)NC(CCCCN)C(=O)N1CC2(CCN(S(=O)(=O)N(C)C)CC2)C1. The van der Waals surface area contributed by atoms with Crippen LogP contribution in [-0.4, -0.2) is 117 Å². The van der Waals surface area contributed by atoms with Gasteiger partial charge in [-0.2, -0.15) is 17.0 Å². The fourth-order valence-electron chi connectivity index (χ4n) is 7.17. The lowest BCUT2D eigenvalue weighted by atomic mass is 9.72. The summed E-state index contributed by atoms with van der Waals surface area (Å²) in [5, 5.41) is 8.68. The van der Waals surface area contributed by atoms with Gasteiger partial charge in [0.15, 0.2) is 0 Å². The third-order valence-corrected chi connectivity index (χ3v) is 12.3. The van der Waals surface area contributed by atoms with Crippen LogP contribution in [0.5, 0.6) is 0 Å². The maximum atomic E-state index is 14.0. The van der Waals surface area contributed by atoms with E-state index in [1.807, 2.05) is 74.5 Å². The van der Waals surface area contributed by atoms with Crippen LogP contribution >= 0.6 is 0 Å². The van der Waals surface area contributed by atoms with Gasteiger partial charge in [0.25, 0.3) is 10.2 Å². The van der Waals surface area contributed by atoms with Crippen molar-refractivity contribution in [1.82, 2.24) is 29.5 Å². The van der Waals surface area contributed by atoms with Crippen molar-refractivity contribution in [2.45, 2.75) is 89.4 Å². The highest BCUT2D eigenvalue weighted by Crippen LogP contribution is 2.41. The number of nitrogens with two attached hydrogens (primary N) is 2. The number of nitrogens with one attached hydrogen (secondary N) is 3. The highest BCUT2D eigenvalue weighted by molar-refractivity contribution is 7.86. The first kappa shape index (κ1) is 42.8. The number of likely N-dealkylation sites (tertiary alicyclic amines) is 1. The van der Waals surface area contributed by atoms with Gasteiger partial charge < -0.3 is 32.3 Å². The van der Waals surface area contributed by atoms with Crippen LogP contribution in [0.25, 0.3) is 0 Å². The maximum absolute atomic E-state index is 14.0. The number of hydrogen-bond donors (Lipinski definition) is 5. The molecule has 0 aliphatic carbocycles. The Balaban J connectivity index is 1.44. The van der Waals surface area contributed by atoms with E-state index in [9.17, 15) is 27.6 Å². The zero-order valence-corrected chi connectivity index (χ0v) is 33.0. The van der Waals surface area contributed by atoms with E-state index < -0.39 is 52.1 Å². The third-order valence-electron chi connectivity index (χ3n) is 10.4. The summed E-state index contributed by atoms with van der Waals surface area (Å²) >= 11 is 0. The van der Waals surface area contributed by atoms with Gasteiger partial charge in [-0.15, -0.1) is 0 Å². The molecule has 2 fully saturated rings. The second kappa shape index (κ2) is 19.6. The minimum atomic E-state index is -3.50. The molecule has 14 nitrogen and oxygen atoms in total. The van der Waals surface area contributed by atoms with E-state index in [4.69, 9.17) is 11.5 Å². The number of hydrogen-bond acceptors (Lipinski definition) is 8. The van der Waals surface area contributed by atoms with E-state index in [0.717, 1.165) is 11.1 Å². The number of unbranched alkanes of at least 4 members (excludes halogenated alkanes) is 1. The van der Waals surface area contributed by atoms with Gasteiger partial charge >= 0.3 is 0 Å². The molecule has 2 aliphatic heterocycles. The molecule has 4 unspecified atom stereocenters. The van der Waals surface area contributed by atoms with Gasteiger partial charge in [0.05, 0.1) is 6.04 Å². The molecule has 15 heteroatoms. The molecule has 0 radical (unpaired) electrons.